The Bertz CT molecular complexity index is 919. The monoisotopic (exact) mass is 473 g/mol. The highest BCUT2D eigenvalue weighted by atomic mass is 79.9. The molecule has 2 unspecified atom stereocenters. The smallest absolute Gasteiger partial charge is 0.228 e. The van der Waals surface area contributed by atoms with E-state index in [9.17, 15) is 4.79 Å². The highest BCUT2D eigenvalue weighted by Crippen LogP contribution is 2.64. The molecule has 0 radical (unpaired) electrons. The summed E-state index contributed by atoms with van der Waals surface area (Å²) in [4.78, 5) is 22.8. The normalized spacial score (nSPS) is 35.8. The van der Waals surface area contributed by atoms with E-state index in [-0.39, 0.29) is 11.0 Å². The molecule has 30 heavy (non-hydrogen) atoms. The number of piperazine rings is 1. The second-order valence-electron chi connectivity index (χ2n) is 10.1. The van der Waals surface area contributed by atoms with Crippen LogP contribution in [0.25, 0.3) is 0 Å². The number of carbonyl (C=O) groups excluding carboxylic acids is 1. The molecule has 0 aromatic carbocycles. The van der Waals surface area contributed by atoms with Crippen molar-refractivity contribution in [3.8, 4) is 0 Å². The van der Waals surface area contributed by atoms with Crippen molar-refractivity contribution in [2.75, 3.05) is 26.2 Å². The molecule has 2 aromatic heterocycles. The van der Waals surface area contributed by atoms with E-state index in [1.54, 1.807) is 6.26 Å². The van der Waals surface area contributed by atoms with Crippen molar-refractivity contribution >= 4 is 21.8 Å². The molecule has 1 aliphatic heterocycles. The van der Waals surface area contributed by atoms with Gasteiger partial charge in [0.05, 0.1) is 23.8 Å². The van der Waals surface area contributed by atoms with Gasteiger partial charge in [-0.15, -0.1) is 5.10 Å². The Morgan fingerprint density at radius 2 is 1.93 bits per heavy atom. The van der Waals surface area contributed by atoms with Crippen molar-refractivity contribution < 1.29 is 9.21 Å². The van der Waals surface area contributed by atoms with Gasteiger partial charge in [0.15, 0.2) is 0 Å². The van der Waals surface area contributed by atoms with E-state index in [1.165, 1.54) is 6.42 Å². The Hall–Kier alpha value is -1.67. The predicted octanol–water partition coefficient (Wildman–Crippen LogP) is 3.27. The Labute approximate surface area is 184 Å². The highest BCUT2D eigenvalue weighted by Gasteiger charge is 2.62. The van der Waals surface area contributed by atoms with Crippen LogP contribution in [0.1, 0.15) is 44.3 Å². The minimum Gasteiger partial charge on any atom is -0.468 e. The number of rotatable bonds is 4. The molecule has 160 valence electrons. The van der Waals surface area contributed by atoms with Crippen molar-refractivity contribution in [3.05, 3.63) is 35.2 Å². The fraction of sp³-hybridized carbons (Fsp3) is 0.682. The van der Waals surface area contributed by atoms with Crippen molar-refractivity contribution in [3.63, 3.8) is 0 Å². The first kappa shape index (κ1) is 19.0. The summed E-state index contributed by atoms with van der Waals surface area (Å²) in [5, 5.41) is 4.63. The molecule has 5 fully saturated rings. The molecule has 4 saturated carbocycles. The summed E-state index contributed by atoms with van der Waals surface area (Å²) in [7, 11) is 0. The van der Waals surface area contributed by atoms with E-state index < -0.39 is 0 Å². The van der Waals surface area contributed by atoms with Gasteiger partial charge in [0.1, 0.15) is 12.1 Å². The lowest BCUT2D eigenvalue weighted by Gasteiger charge is -2.61. The van der Waals surface area contributed by atoms with Crippen molar-refractivity contribution in [2.45, 2.75) is 50.6 Å². The van der Waals surface area contributed by atoms with Crippen LogP contribution in [0.15, 0.2) is 33.9 Å². The largest absolute Gasteiger partial charge is 0.468 e. The first-order valence-electron chi connectivity index (χ1n) is 11.2. The van der Waals surface area contributed by atoms with Gasteiger partial charge in [-0.2, -0.15) is 0 Å². The second kappa shape index (κ2) is 6.92. The zero-order chi connectivity index (χ0) is 20.3. The number of carbonyl (C=O) groups is 1. The van der Waals surface area contributed by atoms with Crippen LogP contribution in [0, 0.1) is 17.3 Å². The number of hydrogen-bond acceptors (Lipinski definition) is 5. The third-order valence-electron chi connectivity index (χ3n) is 8.05. The van der Waals surface area contributed by atoms with E-state index in [0.717, 1.165) is 70.6 Å². The van der Waals surface area contributed by atoms with E-state index >= 15 is 0 Å². The van der Waals surface area contributed by atoms with E-state index in [4.69, 9.17) is 4.42 Å². The van der Waals surface area contributed by atoms with Crippen LogP contribution in [0.4, 0.5) is 0 Å². The Kier molecular flexibility index (Phi) is 4.39. The maximum atomic E-state index is 13.9. The molecule has 4 aliphatic carbocycles. The molecule has 2 aromatic rings. The van der Waals surface area contributed by atoms with Gasteiger partial charge in [-0.25, -0.2) is 9.67 Å². The van der Waals surface area contributed by atoms with Crippen LogP contribution in [0.5, 0.6) is 0 Å². The Balaban J connectivity index is 1.19. The molecule has 5 aliphatic rings. The lowest BCUT2D eigenvalue weighted by Crippen LogP contribution is -2.62. The molecule has 1 saturated heterocycles. The average molecular weight is 474 g/mol. The van der Waals surface area contributed by atoms with E-state index in [1.807, 2.05) is 18.5 Å². The molecule has 2 atom stereocenters. The minimum absolute atomic E-state index is 0.0279. The Morgan fingerprint density at radius 3 is 2.57 bits per heavy atom. The van der Waals surface area contributed by atoms with Gasteiger partial charge in [0, 0.05) is 26.2 Å². The van der Waals surface area contributed by atoms with Gasteiger partial charge in [0.25, 0.3) is 0 Å². The zero-order valence-electron chi connectivity index (χ0n) is 17.2. The summed E-state index contributed by atoms with van der Waals surface area (Å²) in [6.45, 7) is 4.29. The molecule has 7 rings (SSSR count). The molecular weight excluding hydrogens is 446 g/mol. The lowest BCUT2D eigenvalue weighted by molar-refractivity contribution is -0.168. The summed E-state index contributed by atoms with van der Waals surface area (Å²) in [5.74, 6) is 2.67. The van der Waals surface area contributed by atoms with Crippen molar-refractivity contribution in [1.82, 2.24) is 24.6 Å². The molecule has 0 spiro atoms. The standard InChI is InChI=1S/C22H28BrN5O2/c23-20-24-15-28(25-20)22-11-16-8-17(12-22)10-21(9-16,14-22)19(29)27-5-3-26(4-6-27)13-18-2-1-7-30-18/h1-2,7,15-17H,3-6,8-14H2. The first-order chi connectivity index (χ1) is 14.5. The second-order valence-corrected chi connectivity index (χ2v) is 10.8. The van der Waals surface area contributed by atoms with Crippen LogP contribution in [0.3, 0.4) is 0 Å². The van der Waals surface area contributed by atoms with Gasteiger partial charge in [-0.3, -0.25) is 9.69 Å². The molecule has 0 N–H and O–H groups in total. The minimum atomic E-state index is -0.203. The SMILES string of the molecule is O=C(N1CCN(Cc2ccco2)CC1)C12CC3CC(C1)CC(n1cnc(Br)n1)(C3)C2. The highest BCUT2D eigenvalue weighted by molar-refractivity contribution is 9.10. The Morgan fingerprint density at radius 1 is 1.17 bits per heavy atom. The van der Waals surface area contributed by atoms with Gasteiger partial charge < -0.3 is 9.32 Å². The van der Waals surface area contributed by atoms with Crippen LogP contribution in [-0.2, 0) is 16.9 Å². The van der Waals surface area contributed by atoms with Crippen LogP contribution in [-0.4, -0.2) is 56.7 Å². The van der Waals surface area contributed by atoms with Crippen LogP contribution < -0.4 is 0 Å². The maximum absolute atomic E-state index is 13.9. The third-order valence-corrected chi connectivity index (χ3v) is 8.42. The zero-order valence-corrected chi connectivity index (χ0v) is 18.8. The summed E-state index contributed by atoms with van der Waals surface area (Å²) in [6, 6.07) is 3.96. The maximum Gasteiger partial charge on any atom is 0.228 e. The lowest BCUT2D eigenvalue weighted by atomic mass is 9.46. The molecule has 1 amide bonds. The summed E-state index contributed by atoms with van der Waals surface area (Å²) in [6.07, 6.45) is 10.2. The number of aromatic nitrogens is 3. The third kappa shape index (κ3) is 3.06. The number of amides is 1. The fourth-order valence-electron chi connectivity index (χ4n) is 7.27. The van der Waals surface area contributed by atoms with Gasteiger partial charge in [-0.1, -0.05) is 0 Å². The van der Waals surface area contributed by atoms with E-state index in [0.29, 0.717) is 22.5 Å². The summed E-state index contributed by atoms with van der Waals surface area (Å²) >= 11 is 3.41. The quantitative estimate of drug-likeness (QED) is 0.681. The number of nitrogens with zero attached hydrogens (tertiary/aromatic N) is 5. The van der Waals surface area contributed by atoms with Crippen molar-refractivity contribution in [2.24, 2.45) is 17.3 Å². The topological polar surface area (TPSA) is 67.4 Å². The summed E-state index contributed by atoms with van der Waals surface area (Å²) < 4.78 is 8.22. The molecular formula is C22H28BrN5O2. The van der Waals surface area contributed by atoms with Crippen LogP contribution >= 0.6 is 15.9 Å². The van der Waals surface area contributed by atoms with Gasteiger partial charge in [0.2, 0.25) is 10.6 Å². The number of furan rings is 1. The van der Waals surface area contributed by atoms with Gasteiger partial charge in [-0.05, 0) is 78.4 Å². The van der Waals surface area contributed by atoms with Crippen molar-refractivity contribution in [1.29, 1.82) is 0 Å². The average Bonchev–Trinajstić information content (AvgIpc) is 3.39. The first-order valence-corrected chi connectivity index (χ1v) is 11.9. The number of hydrogen-bond donors (Lipinski definition) is 0. The summed E-state index contributed by atoms with van der Waals surface area (Å²) in [5.41, 5.74) is -0.231. The molecule has 8 heteroatoms. The molecule has 3 heterocycles. The fourth-order valence-corrected chi connectivity index (χ4v) is 7.53. The molecule has 7 nitrogen and oxygen atoms in total. The molecule has 4 bridgehead atoms. The van der Waals surface area contributed by atoms with Gasteiger partial charge >= 0.3 is 0 Å². The van der Waals surface area contributed by atoms with Crippen LogP contribution in [0.2, 0.25) is 0 Å². The predicted molar refractivity (Wildman–Crippen MR) is 113 cm³/mol. The number of halogens is 1. The van der Waals surface area contributed by atoms with E-state index in [2.05, 4.69) is 40.5 Å².